The summed E-state index contributed by atoms with van der Waals surface area (Å²) in [7, 11) is 2.09. The van der Waals surface area contributed by atoms with E-state index in [1.807, 2.05) is 18.2 Å². The second-order valence-corrected chi connectivity index (χ2v) is 6.09. The van der Waals surface area contributed by atoms with Crippen LogP contribution < -0.4 is 4.90 Å². The molecule has 0 amide bonds. The molecule has 0 aliphatic carbocycles. The number of nitrogens with zero attached hydrogens (tertiary/aromatic N) is 2. The molecule has 1 heterocycles. The van der Waals surface area contributed by atoms with Crippen LogP contribution in [0.15, 0.2) is 54.6 Å². The van der Waals surface area contributed by atoms with Gasteiger partial charge in [-0.2, -0.15) is 0 Å². The van der Waals surface area contributed by atoms with Crippen LogP contribution >= 0.6 is 0 Å². The number of benzene rings is 2. The average molecular weight is 296 g/mol. The summed E-state index contributed by atoms with van der Waals surface area (Å²) in [6, 6.07) is 18.8. The second-order valence-electron chi connectivity index (χ2n) is 6.09. The molecule has 0 aromatic heterocycles. The van der Waals surface area contributed by atoms with E-state index in [1.54, 1.807) is 6.07 Å². The van der Waals surface area contributed by atoms with E-state index in [2.05, 4.69) is 47.2 Å². The Morgan fingerprint density at radius 3 is 2.32 bits per heavy atom. The molecule has 1 aliphatic rings. The number of aromatic hydroxyl groups is 1. The molecule has 3 heteroatoms. The minimum Gasteiger partial charge on any atom is -0.506 e. The lowest BCUT2D eigenvalue weighted by Crippen LogP contribution is -2.43. The van der Waals surface area contributed by atoms with Crippen LogP contribution in [-0.2, 0) is 6.54 Å². The highest BCUT2D eigenvalue weighted by molar-refractivity contribution is 5.57. The van der Waals surface area contributed by atoms with Crippen molar-refractivity contribution in [1.82, 2.24) is 4.90 Å². The number of phenols is 1. The van der Waals surface area contributed by atoms with Gasteiger partial charge in [0.15, 0.2) is 0 Å². The first-order valence-corrected chi connectivity index (χ1v) is 8.01. The lowest BCUT2D eigenvalue weighted by molar-refractivity contribution is 0.203. The first kappa shape index (κ1) is 14.9. The molecule has 22 heavy (non-hydrogen) atoms. The Hall–Kier alpha value is -2.00. The van der Waals surface area contributed by atoms with E-state index >= 15 is 0 Å². The van der Waals surface area contributed by atoms with Crippen molar-refractivity contribution in [3.63, 3.8) is 0 Å². The fourth-order valence-electron chi connectivity index (χ4n) is 3.27. The first-order chi connectivity index (χ1) is 10.7. The summed E-state index contributed by atoms with van der Waals surface area (Å²) in [6.07, 6.45) is 2.27. The van der Waals surface area contributed by atoms with E-state index in [0.29, 0.717) is 11.8 Å². The molecule has 116 valence electrons. The molecule has 1 saturated heterocycles. The molecule has 3 nitrogen and oxygen atoms in total. The maximum Gasteiger partial charge on any atom is 0.138 e. The van der Waals surface area contributed by atoms with Crippen molar-refractivity contribution in [3.8, 4) is 5.75 Å². The van der Waals surface area contributed by atoms with Crippen LogP contribution in [0.5, 0.6) is 5.75 Å². The Balaban J connectivity index is 1.56. The topological polar surface area (TPSA) is 26.7 Å². The summed E-state index contributed by atoms with van der Waals surface area (Å²) >= 11 is 0. The second kappa shape index (κ2) is 6.84. The summed E-state index contributed by atoms with van der Waals surface area (Å²) in [5, 5.41) is 10.0. The minimum absolute atomic E-state index is 0.372. The van der Waals surface area contributed by atoms with E-state index in [0.717, 1.165) is 38.2 Å². The molecule has 0 spiro atoms. The Bertz CT molecular complexity index is 591. The zero-order chi connectivity index (χ0) is 15.4. The van der Waals surface area contributed by atoms with Crippen LogP contribution in [-0.4, -0.2) is 36.2 Å². The van der Waals surface area contributed by atoms with Crippen LogP contribution in [0.1, 0.15) is 18.4 Å². The SMILES string of the molecule is CN(c1ccccc1O)C1CCN(Cc2ccccc2)CC1. The van der Waals surface area contributed by atoms with Crippen molar-refractivity contribution in [1.29, 1.82) is 0 Å². The predicted molar refractivity (Wildman–Crippen MR) is 91.3 cm³/mol. The summed E-state index contributed by atoms with van der Waals surface area (Å²) < 4.78 is 0. The van der Waals surface area contributed by atoms with E-state index in [-0.39, 0.29) is 0 Å². The zero-order valence-corrected chi connectivity index (χ0v) is 13.2. The van der Waals surface area contributed by atoms with Gasteiger partial charge in [-0.3, -0.25) is 4.90 Å². The van der Waals surface area contributed by atoms with E-state index in [9.17, 15) is 5.11 Å². The Kier molecular flexibility index (Phi) is 4.64. The molecule has 1 N–H and O–H groups in total. The van der Waals surface area contributed by atoms with Gasteiger partial charge < -0.3 is 10.0 Å². The fourth-order valence-corrected chi connectivity index (χ4v) is 3.27. The number of hydrogen-bond donors (Lipinski definition) is 1. The molecule has 2 aromatic rings. The lowest BCUT2D eigenvalue weighted by Gasteiger charge is -2.38. The van der Waals surface area contributed by atoms with Crippen LogP contribution in [0, 0.1) is 0 Å². The van der Waals surface area contributed by atoms with Crippen molar-refractivity contribution in [3.05, 3.63) is 60.2 Å². The lowest BCUT2D eigenvalue weighted by atomic mass is 10.0. The monoisotopic (exact) mass is 296 g/mol. The molecule has 1 aliphatic heterocycles. The van der Waals surface area contributed by atoms with Gasteiger partial charge in [-0.1, -0.05) is 42.5 Å². The predicted octanol–water partition coefficient (Wildman–Crippen LogP) is 3.49. The summed E-state index contributed by atoms with van der Waals surface area (Å²) in [6.45, 7) is 3.25. The van der Waals surface area contributed by atoms with Gasteiger partial charge in [0, 0.05) is 32.7 Å². The van der Waals surface area contributed by atoms with Crippen molar-refractivity contribution in [2.75, 3.05) is 25.0 Å². The average Bonchev–Trinajstić information content (AvgIpc) is 2.56. The highest BCUT2D eigenvalue weighted by atomic mass is 16.3. The maximum absolute atomic E-state index is 10.0. The first-order valence-electron chi connectivity index (χ1n) is 8.01. The molecular weight excluding hydrogens is 272 g/mol. The fraction of sp³-hybridized carbons (Fsp3) is 0.368. The number of likely N-dealkylation sites (tertiary alicyclic amines) is 1. The highest BCUT2D eigenvalue weighted by Crippen LogP contribution is 2.29. The van der Waals surface area contributed by atoms with Crippen molar-refractivity contribution in [2.24, 2.45) is 0 Å². The number of phenolic OH excluding ortho intramolecular Hbond substituents is 1. The normalized spacial score (nSPS) is 16.6. The standard InChI is InChI=1S/C19H24N2O/c1-20(18-9-5-6-10-19(18)22)17-11-13-21(14-12-17)15-16-7-3-2-4-8-16/h2-10,17,22H,11-15H2,1H3. The number of rotatable bonds is 4. The molecular formula is C19H24N2O. The van der Waals surface area contributed by atoms with Gasteiger partial charge in [-0.25, -0.2) is 0 Å². The molecule has 0 bridgehead atoms. The largest absolute Gasteiger partial charge is 0.506 e. The summed E-state index contributed by atoms with van der Waals surface area (Å²) in [5.41, 5.74) is 2.32. The number of hydrogen-bond acceptors (Lipinski definition) is 3. The molecule has 0 radical (unpaired) electrons. The number of para-hydroxylation sites is 2. The van der Waals surface area contributed by atoms with Crippen LogP contribution in [0.3, 0.4) is 0 Å². The van der Waals surface area contributed by atoms with Crippen LogP contribution in [0.2, 0.25) is 0 Å². The van der Waals surface area contributed by atoms with E-state index < -0.39 is 0 Å². The quantitative estimate of drug-likeness (QED) is 0.935. The highest BCUT2D eigenvalue weighted by Gasteiger charge is 2.23. The van der Waals surface area contributed by atoms with Gasteiger partial charge in [0.05, 0.1) is 5.69 Å². The van der Waals surface area contributed by atoms with Gasteiger partial charge in [0.2, 0.25) is 0 Å². The zero-order valence-electron chi connectivity index (χ0n) is 13.2. The molecule has 3 rings (SSSR count). The summed E-state index contributed by atoms with van der Waals surface area (Å²) in [4.78, 5) is 4.75. The van der Waals surface area contributed by atoms with E-state index in [1.165, 1.54) is 5.56 Å². The molecule has 0 atom stereocenters. The molecule has 2 aromatic carbocycles. The smallest absolute Gasteiger partial charge is 0.138 e. The maximum atomic E-state index is 10.0. The van der Waals surface area contributed by atoms with Crippen molar-refractivity contribution < 1.29 is 5.11 Å². The van der Waals surface area contributed by atoms with E-state index in [4.69, 9.17) is 0 Å². The summed E-state index contributed by atoms with van der Waals surface area (Å²) in [5.74, 6) is 0.372. The third-order valence-corrected chi connectivity index (χ3v) is 4.62. The molecule has 1 fully saturated rings. The number of anilines is 1. The van der Waals surface area contributed by atoms with Crippen molar-refractivity contribution in [2.45, 2.75) is 25.4 Å². The van der Waals surface area contributed by atoms with Gasteiger partial charge in [0.25, 0.3) is 0 Å². The molecule has 0 unspecified atom stereocenters. The van der Waals surface area contributed by atoms with Crippen molar-refractivity contribution >= 4 is 5.69 Å². The Morgan fingerprint density at radius 2 is 1.64 bits per heavy atom. The minimum atomic E-state index is 0.372. The number of piperidine rings is 1. The third kappa shape index (κ3) is 3.42. The molecule has 0 saturated carbocycles. The Morgan fingerprint density at radius 1 is 1.00 bits per heavy atom. The van der Waals surface area contributed by atoms with Crippen LogP contribution in [0.4, 0.5) is 5.69 Å². The van der Waals surface area contributed by atoms with Crippen LogP contribution in [0.25, 0.3) is 0 Å². The third-order valence-electron chi connectivity index (χ3n) is 4.62. The van der Waals surface area contributed by atoms with Gasteiger partial charge in [-0.05, 0) is 30.5 Å². The Labute approximate surface area is 132 Å². The van der Waals surface area contributed by atoms with Gasteiger partial charge >= 0.3 is 0 Å². The van der Waals surface area contributed by atoms with Gasteiger partial charge in [-0.15, -0.1) is 0 Å². The van der Waals surface area contributed by atoms with Gasteiger partial charge in [0.1, 0.15) is 5.75 Å².